The van der Waals surface area contributed by atoms with E-state index in [-0.39, 0.29) is 5.91 Å². The number of rotatable bonds is 3. The van der Waals surface area contributed by atoms with E-state index in [1.54, 1.807) is 4.68 Å². The summed E-state index contributed by atoms with van der Waals surface area (Å²) in [7, 11) is 0. The molecule has 0 saturated carbocycles. The third-order valence-corrected chi connectivity index (χ3v) is 5.73. The van der Waals surface area contributed by atoms with Gasteiger partial charge in [0, 0.05) is 31.9 Å². The van der Waals surface area contributed by atoms with Crippen LogP contribution in [-0.2, 0) is 0 Å². The van der Waals surface area contributed by atoms with Gasteiger partial charge >= 0.3 is 0 Å². The molecule has 1 saturated heterocycles. The van der Waals surface area contributed by atoms with Gasteiger partial charge < -0.3 is 9.80 Å². The highest BCUT2D eigenvalue weighted by atomic mass is 32.1. The summed E-state index contributed by atoms with van der Waals surface area (Å²) in [5.74, 6) is 1.67. The van der Waals surface area contributed by atoms with Crippen molar-refractivity contribution >= 4 is 23.1 Å². The number of hydrogen-bond acceptors (Lipinski definition) is 6. The van der Waals surface area contributed by atoms with Crippen molar-refractivity contribution in [1.82, 2.24) is 24.9 Å². The normalized spacial score (nSPS) is 14.6. The first-order valence-corrected chi connectivity index (χ1v) is 9.86. The number of nitrogens with zero attached hydrogens (tertiary/aromatic N) is 6. The molecular weight excluding hydrogens is 360 g/mol. The van der Waals surface area contributed by atoms with Crippen LogP contribution >= 0.6 is 11.3 Å². The van der Waals surface area contributed by atoms with Gasteiger partial charge in [0.05, 0.1) is 10.6 Å². The molecule has 7 nitrogen and oxygen atoms in total. The number of amides is 1. The molecule has 27 heavy (non-hydrogen) atoms. The molecule has 0 radical (unpaired) electrons. The first-order valence-electron chi connectivity index (χ1n) is 8.98. The molecule has 0 unspecified atom stereocenters. The van der Waals surface area contributed by atoms with Crippen molar-refractivity contribution in [3.8, 4) is 5.82 Å². The Morgan fingerprint density at radius 3 is 2.26 bits per heavy atom. The van der Waals surface area contributed by atoms with Gasteiger partial charge in [-0.3, -0.25) is 4.79 Å². The molecule has 8 heteroatoms. The molecule has 1 amide bonds. The molecule has 3 aromatic heterocycles. The second kappa shape index (κ2) is 7.11. The molecule has 1 aliphatic rings. The third-order valence-electron chi connectivity index (χ3n) is 4.70. The monoisotopic (exact) mass is 382 g/mol. The number of piperazine rings is 1. The highest BCUT2D eigenvalue weighted by molar-refractivity contribution is 7.12. The molecule has 0 N–H and O–H groups in total. The molecule has 0 aliphatic carbocycles. The van der Waals surface area contributed by atoms with Gasteiger partial charge in [-0.05, 0) is 56.0 Å². The van der Waals surface area contributed by atoms with E-state index in [1.807, 2.05) is 55.3 Å². The standard InChI is InChI=1S/C19H22N6OS/c1-13-10-16(27-12-13)19(26)24-8-6-23(7-9-24)17-4-5-18(21-20-17)25-15(3)11-14(2)22-25/h4-5,10-12H,6-9H2,1-3H3. The summed E-state index contributed by atoms with van der Waals surface area (Å²) in [5.41, 5.74) is 3.13. The molecular formula is C19H22N6OS. The molecule has 140 valence electrons. The van der Waals surface area contributed by atoms with Gasteiger partial charge in [-0.15, -0.1) is 21.5 Å². The summed E-state index contributed by atoms with van der Waals surface area (Å²) in [6.07, 6.45) is 0. The molecule has 0 bridgehead atoms. The summed E-state index contributed by atoms with van der Waals surface area (Å²) >= 11 is 1.52. The molecule has 3 aromatic rings. The van der Waals surface area contributed by atoms with E-state index in [0.717, 1.165) is 40.7 Å². The van der Waals surface area contributed by atoms with Crippen molar-refractivity contribution in [2.45, 2.75) is 20.8 Å². The molecule has 1 aliphatic heterocycles. The van der Waals surface area contributed by atoms with Crippen LogP contribution in [0.4, 0.5) is 5.82 Å². The summed E-state index contributed by atoms with van der Waals surface area (Å²) in [4.78, 5) is 17.5. The molecule has 0 atom stereocenters. The van der Waals surface area contributed by atoms with Gasteiger partial charge in [0.15, 0.2) is 11.6 Å². The fourth-order valence-electron chi connectivity index (χ4n) is 3.30. The largest absolute Gasteiger partial charge is 0.352 e. The van der Waals surface area contributed by atoms with E-state index < -0.39 is 0 Å². The van der Waals surface area contributed by atoms with Gasteiger partial charge in [-0.2, -0.15) is 5.10 Å². The van der Waals surface area contributed by atoms with Crippen molar-refractivity contribution in [1.29, 1.82) is 0 Å². The number of anilines is 1. The fraction of sp³-hybridized carbons (Fsp3) is 0.368. The van der Waals surface area contributed by atoms with Crippen molar-refractivity contribution in [2.24, 2.45) is 0 Å². The number of carbonyl (C=O) groups excluding carboxylic acids is 1. The maximum atomic E-state index is 12.6. The minimum Gasteiger partial charge on any atom is -0.352 e. The Morgan fingerprint density at radius 1 is 1.00 bits per heavy atom. The first-order chi connectivity index (χ1) is 13.0. The molecule has 0 spiro atoms. The van der Waals surface area contributed by atoms with Crippen molar-refractivity contribution in [3.05, 3.63) is 51.5 Å². The van der Waals surface area contributed by atoms with Crippen LogP contribution in [-0.4, -0.2) is 57.0 Å². The average Bonchev–Trinajstić information content (AvgIpc) is 3.26. The van der Waals surface area contributed by atoms with Crippen LogP contribution in [0.3, 0.4) is 0 Å². The Morgan fingerprint density at radius 2 is 1.70 bits per heavy atom. The zero-order chi connectivity index (χ0) is 19.0. The van der Waals surface area contributed by atoms with Crippen LogP contribution in [0.5, 0.6) is 0 Å². The fourth-order valence-corrected chi connectivity index (χ4v) is 4.16. The Hall–Kier alpha value is -2.74. The minimum atomic E-state index is 0.124. The predicted molar refractivity (Wildman–Crippen MR) is 106 cm³/mol. The van der Waals surface area contributed by atoms with E-state index in [4.69, 9.17) is 0 Å². The van der Waals surface area contributed by atoms with Crippen molar-refractivity contribution in [3.63, 3.8) is 0 Å². The van der Waals surface area contributed by atoms with Crippen molar-refractivity contribution in [2.75, 3.05) is 31.1 Å². The SMILES string of the molecule is Cc1csc(C(=O)N2CCN(c3ccc(-n4nc(C)cc4C)nn3)CC2)c1. The quantitative estimate of drug-likeness (QED) is 0.697. The molecule has 1 fully saturated rings. The van der Waals surface area contributed by atoms with Gasteiger partial charge in [-0.25, -0.2) is 4.68 Å². The van der Waals surface area contributed by atoms with E-state index in [9.17, 15) is 4.79 Å². The van der Waals surface area contributed by atoms with Crippen LogP contribution in [0.25, 0.3) is 5.82 Å². The van der Waals surface area contributed by atoms with Crippen LogP contribution in [0, 0.1) is 20.8 Å². The Labute approximate surface area is 162 Å². The zero-order valence-corrected chi connectivity index (χ0v) is 16.5. The highest BCUT2D eigenvalue weighted by Gasteiger charge is 2.24. The lowest BCUT2D eigenvalue weighted by molar-refractivity contribution is 0.0751. The number of hydrogen-bond donors (Lipinski definition) is 0. The third kappa shape index (κ3) is 3.57. The van der Waals surface area contributed by atoms with E-state index in [2.05, 4.69) is 20.2 Å². The minimum absolute atomic E-state index is 0.124. The maximum Gasteiger partial charge on any atom is 0.264 e. The van der Waals surface area contributed by atoms with Crippen molar-refractivity contribution < 1.29 is 4.79 Å². The van der Waals surface area contributed by atoms with E-state index in [1.165, 1.54) is 11.3 Å². The van der Waals surface area contributed by atoms with Crippen LogP contribution in [0.1, 0.15) is 26.6 Å². The second-order valence-corrected chi connectivity index (χ2v) is 7.77. The lowest BCUT2D eigenvalue weighted by Gasteiger charge is -2.35. The zero-order valence-electron chi connectivity index (χ0n) is 15.7. The predicted octanol–water partition coefficient (Wildman–Crippen LogP) is 2.61. The van der Waals surface area contributed by atoms with Gasteiger partial charge in [0.2, 0.25) is 0 Å². The molecule has 4 heterocycles. The van der Waals surface area contributed by atoms with Gasteiger partial charge in [0.1, 0.15) is 0 Å². The average molecular weight is 382 g/mol. The lowest BCUT2D eigenvalue weighted by atomic mass is 10.2. The summed E-state index contributed by atoms with van der Waals surface area (Å²) in [6, 6.07) is 7.89. The summed E-state index contributed by atoms with van der Waals surface area (Å²) in [5, 5.41) is 15.2. The lowest BCUT2D eigenvalue weighted by Crippen LogP contribution is -2.49. The summed E-state index contributed by atoms with van der Waals surface area (Å²) in [6.45, 7) is 8.87. The smallest absolute Gasteiger partial charge is 0.264 e. The van der Waals surface area contributed by atoms with Gasteiger partial charge in [0.25, 0.3) is 5.91 Å². The Balaban J connectivity index is 1.41. The Bertz CT molecular complexity index is 953. The number of thiophene rings is 1. The Kier molecular flexibility index (Phi) is 4.65. The number of aromatic nitrogens is 4. The topological polar surface area (TPSA) is 67.2 Å². The van der Waals surface area contributed by atoms with Gasteiger partial charge in [-0.1, -0.05) is 0 Å². The summed E-state index contributed by atoms with van der Waals surface area (Å²) < 4.78 is 1.80. The second-order valence-electron chi connectivity index (χ2n) is 6.86. The first kappa shape index (κ1) is 17.7. The van der Waals surface area contributed by atoms with Crippen LogP contribution in [0.15, 0.2) is 29.6 Å². The maximum absolute atomic E-state index is 12.6. The van der Waals surface area contributed by atoms with Crippen LogP contribution < -0.4 is 4.90 Å². The molecule has 4 rings (SSSR count). The molecule has 0 aromatic carbocycles. The van der Waals surface area contributed by atoms with Crippen LogP contribution in [0.2, 0.25) is 0 Å². The number of carbonyl (C=O) groups is 1. The highest BCUT2D eigenvalue weighted by Crippen LogP contribution is 2.19. The van der Waals surface area contributed by atoms with E-state index in [0.29, 0.717) is 18.9 Å². The number of aryl methyl sites for hydroxylation is 3. The van der Waals surface area contributed by atoms with E-state index >= 15 is 0 Å².